The zero-order valence-corrected chi connectivity index (χ0v) is 11.8. The standard InChI is InChI=1S/C13H22N2O4/c1-4-5-6-19-13(17)15-10-7-9(10)8-11(15)12(16)14(2)18-3/h9-11H,4-8H2,1-3H3. The number of hydrogen-bond donors (Lipinski definition) is 0. The molecule has 3 unspecified atom stereocenters. The molecule has 2 fully saturated rings. The van der Waals surface area contributed by atoms with Crippen LogP contribution < -0.4 is 0 Å². The molecule has 0 radical (unpaired) electrons. The summed E-state index contributed by atoms with van der Waals surface area (Å²) in [5.41, 5.74) is 0. The van der Waals surface area contributed by atoms with Crippen molar-refractivity contribution >= 4 is 12.0 Å². The number of rotatable bonds is 5. The van der Waals surface area contributed by atoms with E-state index in [1.54, 1.807) is 11.9 Å². The molecule has 108 valence electrons. The molecule has 1 saturated heterocycles. The smallest absolute Gasteiger partial charge is 0.410 e. The van der Waals surface area contributed by atoms with Crippen molar-refractivity contribution < 1.29 is 19.2 Å². The predicted molar refractivity (Wildman–Crippen MR) is 68.2 cm³/mol. The van der Waals surface area contributed by atoms with Gasteiger partial charge in [0.2, 0.25) is 0 Å². The monoisotopic (exact) mass is 270 g/mol. The number of likely N-dealkylation sites (N-methyl/N-ethyl adjacent to an activating group) is 1. The molecule has 2 rings (SSSR count). The predicted octanol–water partition coefficient (Wildman–Crippen LogP) is 1.41. The fraction of sp³-hybridized carbons (Fsp3) is 0.846. The van der Waals surface area contributed by atoms with Crippen molar-refractivity contribution in [2.75, 3.05) is 20.8 Å². The third-order valence-electron chi connectivity index (χ3n) is 3.91. The molecular weight excluding hydrogens is 248 g/mol. The van der Waals surface area contributed by atoms with Gasteiger partial charge in [0.25, 0.3) is 5.91 Å². The maximum Gasteiger partial charge on any atom is 0.410 e. The lowest BCUT2D eigenvalue weighted by Crippen LogP contribution is -2.48. The van der Waals surface area contributed by atoms with Crippen LogP contribution in [0.15, 0.2) is 0 Å². The molecule has 1 aliphatic carbocycles. The highest BCUT2D eigenvalue weighted by Crippen LogP contribution is 2.48. The number of piperidine rings is 1. The van der Waals surface area contributed by atoms with Crippen LogP contribution >= 0.6 is 0 Å². The topological polar surface area (TPSA) is 59.1 Å². The van der Waals surface area contributed by atoms with E-state index in [0.29, 0.717) is 12.5 Å². The second-order valence-electron chi connectivity index (χ2n) is 5.21. The van der Waals surface area contributed by atoms with Crippen LogP contribution in [0.4, 0.5) is 4.79 Å². The first-order chi connectivity index (χ1) is 9.10. The molecular formula is C13H22N2O4. The van der Waals surface area contributed by atoms with Gasteiger partial charge >= 0.3 is 6.09 Å². The fourth-order valence-corrected chi connectivity index (χ4v) is 2.62. The zero-order valence-electron chi connectivity index (χ0n) is 11.8. The zero-order chi connectivity index (χ0) is 14.0. The minimum atomic E-state index is -0.428. The van der Waals surface area contributed by atoms with Crippen LogP contribution in [0.2, 0.25) is 0 Å². The number of carbonyl (C=O) groups excluding carboxylic acids is 2. The van der Waals surface area contributed by atoms with Crippen LogP contribution in [0, 0.1) is 5.92 Å². The van der Waals surface area contributed by atoms with Crippen molar-refractivity contribution in [1.29, 1.82) is 0 Å². The SMILES string of the molecule is CCCCOC(=O)N1C(C(=O)N(C)OC)CC2CC21. The highest BCUT2D eigenvalue weighted by molar-refractivity contribution is 5.86. The van der Waals surface area contributed by atoms with E-state index in [0.717, 1.165) is 25.7 Å². The molecule has 6 nitrogen and oxygen atoms in total. The Kier molecular flexibility index (Phi) is 4.29. The number of amides is 2. The molecule has 0 aromatic heterocycles. The second-order valence-corrected chi connectivity index (χ2v) is 5.21. The van der Waals surface area contributed by atoms with Crippen LogP contribution in [-0.2, 0) is 14.4 Å². The highest BCUT2D eigenvalue weighted by atomic mass is 16.7. The average Bonchev–Trinajstić information content (AvgIpc) is 3.07. The molecule has 0 spiro atoms. The van der Waals surface area contributed by atoms with Gasteiger partial charge < -0.3 is 4.74 Å². The molecule has 6 heteroatoms. The van der Waals surface area contributed by atoms with E-state index in [1.807, 2.05) is 6.92 Å². The van der Waals surface area contributed by atoms with Gasteiger partial charge in [-0.3, -0.25) is 14.5 Å². The van der Waals surface area contributed by atoms with Crippen LogP contribution in [0.3, 0.4) is 0 Å². The Bertz CT molecular complexity index is 361. The van der Waals surface area contributed by atoms with Crippen LogP contribution in [0.5, 0.6) is 0 Å². The van der Waals surface area contributed by atoms with Gasteiger partial charge in [0.05, 0.1) is 13.7 Å². The lowest BCUT2D eigenvalue weighted by molar-refractivity contribution is -0.173. The van der Waals surface area contributed by atoms with Gasteiger partial charge in [-0.05, 0) is 25.2 Å². The van der Waals surface area contributed by atoms with E-state index < -0.39 is 6.04 Å². The maximum absolute atomic E-state index is 12.1. The van der Waals surface area contributed by atoms with Gasteiger partial charge in [0.15, 0.2) is 0 Å². The number of ether oxygens (including phenoxy) is 1. The van der Waals surface area contributed by atoms with E-state index in [-0.39, 0.29) is 18.0 Å². The van der Waals surface area contributed by atoms with Gasteiger partial charge in [0, 0.05) is 13.1 Å². The van der Waals surface area contributed by atoms with E-state index in [4.69, 9.17) is 9.57 Å². The van der Waals surface area contributed by atoms with E-state index in [1.165, 1.54) is 12.2 Å². The Labute approximate surface area is 113 Å². The lowest BCUT2D eigenvalue weighted by atomic mass is 10.1. The number of fused-ring (bicyclic) bond motifs is 1. The largest absolute Gasteiger partial charge is 0.449 e. The normalized spacial score (nSPS) is 27.9. The molecule has 1 saturated carbocycles. The second kappa shape index (κ2) is 5.77. The molecule has 3 atom stereocenters. The van der Waals surface area contributed by atoms with Crippen molar-refractivity contribution in [3.8, 4) is 0 Å². The Morgan fingerprint density at radius 3 is 2.74 bits per heavy atom. The molecule has 0 aromatic rings. The Morgan fingerprint density at radius 1 is 1.37 bits per heavy atom. The number of nitrogens with zero attached hydrogens (tertiary/aromatic N) is 2. The van der Waals surface area contributed by atoms with Crippen LogP contribution in [-0.4, -0.2) is 54.8 Å². The van der Waals surface area contributed by atoms with Crippen molar-refractivity contribution in [1.82, 2.24) is 9.96 Å². The molecule has 1 heterocycles. The summed E-state index contributed by atoms with van der Waals surface area (Å²) in [6.45, 7) is 2.46. The lowest BCUT2D eigenvalue weighted by Gasteiger charge is -2.28. The maximum atomic E-state index is 12.1. The number of hydrogen-bond acceptors (Lipinski definition) is 4. The number of carbonyl (C=O) groups is 2. The van der Waals surface area contributed by atoms with Gasteiger partial charge in [-0.2, -0.15) is 0 Å². The summed E-state index contributed by atoms with van der Waals surface area (Å²) in [7, 11) is 3.00. The van der Waals surface area contributed by atoms with E-state index >= 15 is 0 Å². The highest BCUT2D eigenvalue weighted by Gasteiger charge is 2.57. The quantitative estimate of drug-likeness (QED) is 0.560. The first-order valence-corrected chi connectivity index (χ1v) is 6.86. The Morgan fingerprint density at radius 2 is 2.11 bits per heavy atom. The van der Waals surface area contributed by atoms with Crippen LogP contribution in [0.1, 0.15) is 32.6 Å². The Balaban J connectivity index is 1.96. The summed E-state index contributed by atoms with van der Waals surface area (Å²) in [6, 6.07) is -0.240. The van der Waals surface area contributed by atoms with Crippen molar-refractivity contribution in [3.63, 3.8) is 0 Å². The fourth-order valence-electron chi connectivity index (χ4n) is 2.62. The first-order valence-electron chi connectivity index (χ1n) is 6.86. The Hall–Kier alpha value is -1.30. The van der Waals surface area contributed by atoms with Crippen molar-refractivity contribution in [3.05, 3.63) is 0 Å². The third kappa shape index (κ3) is 2.83. The summed E-state index contributed by atoms with van der Waals surface area (Å²) >= 11 is 0. The summed E-state index contributed by atoms with van der Waals surface area (Å²) in [6.07, 6.45) is 3.18. The van der Waals surface area contributed by atoms with Crippen LogP contribution in [0.25, 0.3) is 0 Å². The first kappa shape index (κ1) is 14.1. The molecule has 2 aliphatic rings. The summed E-state index contributed by atoms with van der Waals surface area (Å²) in [4.78, 5) is 30.7. The number of likely N-dealkylation sites (tertiary alicyclic amines) is 1. The van der Waals surface area contributed by atoms with Gasteiger partial charge in [-0.25, -0.2) is 9.86 Å². The molecule has 19 heavy (non-hydrogen) atoms. The summed E-state index contributed by atoms with van der Waals surface area (Å²) in [5, 5.41) is 1.18. The van der Waals surface area contributed by atoms with Crippen molar-refractivity contribution in [2.24, 2.45) is 5.92 Å². The summed E-state index contributed by atoms with van der Waals surface area (Å²) in [5.74, 6) is 0.278. The minimum absolute atomic E-state index is 0.179. The minimum Gasteiger partial charge on any atom is -0.449 e. The molecule has 2 amide bonds. The number of unbranched alkanes of at least 4 members (excludes halogenated alkanes) is 1. The molecule has 0 aromatic carbocycles. The number of hydroxylamine groups is 2. The van der Waals surface area contributed by atoms with Gasteiger partial charge in [0.1, 0.15) is 6.04 Å². The van der Waals surface area contributed by atoms with Crippen molar-refractivity contribution in [2.45, 2.75) is 44.7 Å². The van der Waals surface area contributed by atoms with E-state index in [9.17, 15) is 9.59 Å². The molecule has 1 aliphatic heterocycles. The van der Waals surface area contributed by atoms with Gasteiger partial charge in [-0.15, -0.1) is 0 Å². The summed E-state index contributed by atoms with van der Waals surface area (Å²) < 4.78 is 5.23. The third-order valence-corrected chi connectivity index (χ3v) is 3.91. The average molecular weight is 270 g/mol. The molecule has 0 N–H and O–H groups in total. The van der Waals surface area contributed by atoms with Gasteiger partial charge in [-0.1, -0.05) is 13.3 Å². The van der Waals surface area contributed by atoms with E-state index in [2.05, 4.69) is 0 Å². The molecule has 0 bridgehead atoms.